The normalized spacial score (nSPS) is 17.3. The molecule has 1 fully saturated rings. The number of nitrogen functional groups attached to an aromatic ring is 1. The number of thiazole rings is 1. The van der Waals surface area contributed by atoms with Gasteiger partial charge < -0.3 is 20.4 Å². The maximum atomic E-state index is 12.5. The van der Waals surface area contributed by atoms with Crippen molar-refractivity contribution in [1.29, 1.82) is 0 Å². The maximum Gasteiger partial charge on any atom is 0.269 e. The zero-order chi connectivity index (χ0) is 16.4. The van der Waals surface area contributed by atoms with Crippen molar-refractivity contribution < 1.29 is 9.53 Å². The fourth-order valence-corrected chi connectivity index (χ4v) is 3.89. The minimum atomic E-state index is -0.227. The highest BCUT2D eigenvalue weighted by atomic mass is 32.1. The summed E-state index contributed by atoms with van der Waals surface area (Å²) < 4.78 is 8.04. The van der Waals surface area contributed by atoms with Crippen LogP contribution in [0.15, 0.2) is 24.3 Å². The van der Waals surface area contributed by atoms with E-state index in [1.165, 1.54) is 11.3 Å². The second kappa shape index (κ2) is 6.82. The van der Waals surface area contributed by atoms with Crippen molar-refractivity contribution in [1.82, 2.24) is 4.57 Å². The summed E-state index contributed by atoms with van der Waals surface area (Å²) in [5, 5.41) is 2.87. The zero-order valence-corrected chi connectivity index (χ0v) is 14.5. The summed E-state index contributed by atoms with van der Waals surface area (Å²) in [4.78, 5) is 12.9. The van der Waals surface area contributed by atoms with Gasteiger partial charge in [-0.25, -0.2) is 0 Å². The molecule has 1 aliphatic heterocycles. The molecule has 3 rings (SSSR count). The van der Waals surface area contributed by atoms with Gasteiger partial charge in [-0.2, -0.15) is 0 Å². The summed E-state index contributed by atoms with van der Waals surface area (Å²) in [6.45, 7) is 3.37. The van der Waals surface area contributed by atoms with Crippen LogP contribution in [0, 0.1) is 10.9 Å². The number of nitrogens with one attached hydrogen (secondary N) is 1. The van der Waals surface area contributed by atoms with Crippen LogP contribution in [0.5, 0.6) is 0 Å². The fraction of sp³-hybridized carbons (Fsp3) is 0.375. The number of ether oxygens (including phenoxy) is 1. The molecule has 7 heteroatoms. The number of rotatable bonds is 4. The summed E-state index contributed by atoms with van der Waals surface area (Å²) in [6.07, 6.45) is 2.19. The topological polar surface area (TPSA) is 69.3 Å². The first-order valence-electron chi connectivity index (χ1n) is 7.53. The maximum absolute atomic E-state index is 12.5. The molecular formula is C16H19N3O2S2. The number of carbonyl (C=O) groups excluding carboxylic acids is 1. The monoisotopic (exact) mass is 349 g/mol. The van der Waals surface area contributed by atoms with Crippen molar-refractivity contribution in [2.45, 2.75) is 32.4 Å². The minimum Gasteiger partial charge on any atom is -0.384 e. The molecule has 0 spiro atoms. The average molecular weight is 349 g/mol. The third kappa shape index (κ3) is 3.63. The molecular weight excluding hydrogens is 330 g/mol. The lowest BCUT2D eigenvalue weighted by atomic mass is 10.2. The fourth-order valence-electron chi connectivity index (χ4n) is 2.65. The summed E-state index contributed by atoms with van der Waals surface area (Å²) in [6, 6.07) is 7.64. The molecule has 3 N–H and O–H groups in total. The molecule has 0 unspecified atom stereocenters. The molecule has 0 radical (unpaired) electrons. The van der Waals surface area contributed by atoms with Gasteiger partial charge in [-0.15, -0.1) is 0 Å². The molecule has 1 aliphatic rings. The summed E-state index contributed by atoms with van der Waals surface area (Å²) in [7, 11) is 0. The Bertz CT molecular complexity index is 776. The number of aromatic nitrogens is 1. The smallest absolute Gasteiger partial charge is 0.269 e. The van der Waals surface area contributed by atoms with E-state index >= 15 is 0 Å². The third-order valence-electron chi connectivity index (χ3n) is 3.83. The van der Waals surface area contributed by atoms with Crippen LogP contribution in [-0.2, 0) is 11.3 Å². The molecule has 2 heterocycles. The molecule has 0 bridgehead atoms. The number of hydrogen-bond acceptors (Lipinski definition) is 5. The Labute approximate surface area is 144 Å². The predicted octanol–water partition coefficient (Wildman–Crippen LogP) is 3.60. The van der Waals surface area contributed by atoms with Crippen LogP contribution in [0.3, 0.4) is 0 Å². The summed E-state index contributed by atoms with van der Waals surface area (Å²) in [5.41, 5.74) is 7.99. The number of aryl methyl sites for hydroxylation is 1. The third-order valence-corrected chi connectivity index (χ3v) is 5.29. The number of nitrogens with two attached hydrogens (primary N) is 1. The summed E-state index contributed by atoms with van der Waals surface area (Å²) >= 11 is 6.61. The van der Waals surface area contributed by atoms with E-state index in [0.29, 0.717) is 21.2 Å². The standard InChI is InChI=1S/C16H19N3O2S2/c1-10-4-2-5-11(8-10)18-15(20)13-14(17)19(16(22)23-13)9-12-6-3-7-21-12/h2,4-5,8,12H,3,6-7,9,17H2,1H3,(H,18,20)/t12-/m0/s1. The zero-order valence-electron chi connectivity index (χ0n) is 12.9. The van der Waals surface area contributed by atoms with Gasteiger partial charge in [0.15, 0.2) is 3.95 Å². The Balaban J connectivity index is 1.79. The van der Waals surface area contributed by atoms with E-state index < -0.39 is 0 Å². The van der Waals surface area contributed by atoms with Crippen molar-refractivity contribution in [3.05, 3.63) is 38.7 Å². The van der Waals surface area contributed by atoms with Gasteiger partial charge in [-0.05, 0) is 49.7 Å². The van der Waals surface area contributed by atoms with Gasteiger partial charge >= 0.3 is 0 Å². The SMILES string of the molecule is Cc1cccc(NC(=O)c2sc(=S)n(C[C@@H]3CCCO3)c2N)c1. The number of nitrogens with zero attached hydrogens (tertiary/aromatic N) is 1. The molecule has 23 heavy (non-hydrogen) atoms. The van der Waals surface area contributed by atoms with E-state index in [1.807, 2.05) is 31.2 Å². The molecule has 1 atom stereocenters. The van der Waals surface area contributed by atoms with E-state index in [0.717, 1.165) is 30.7 Å². The van der Waals surface area contributed by atoms with Gasteiger partial charge in [0, 0.05) is 12.3 Å². The van der Waals surface area contributed by atoms with Crippen molar-refractivity contribution >= 4 is 41.0 Å². The molecule has 1 amide bonds. The van der Waals surface area contributed by atoms with Gasteiger partial charge in [0.25, 0.3) is 5.91 Å². The second-order valence-corrected chi connectivity index (χ2v) is 7.30. The quantitative estimate of drug-likeness (QED) is 0.828. The molecule has 1 aromatic carbocycles. The van der Waals surface area contributed by atoms with Gasteiger partial charge in [0.2, 0.25) is 0 Å². The van der Waals surface area contributed by atoms with Crippen molar-refractivity contribution in [2.24, 2.45) is 0 Å². The average Bonchev–Trinajstić information content (AvgIpc) is 3.11. The van der Waals surface area contributed by atoms with E-state index in [1.54, 1.807) is 4.57 Å². The molecule has 5 nitrogen and oxygen atoms in total. The molecule has 2 aromatic rings. The Kier molecular flexibility index (Phi) is 4.79. The Morgan fingerprint density at radius 2 is 2.39 bits per heavy atom. The molecule has 1 aromatic heterocycles. The van der Waals surface area contributed by atoms with Crippen LogP contribution in [0.2, 0.25) is 0 Å². The number of benzene rings is 1. The van der Waals surface area contributed by atoms with Crippen molar-refractivity contribution in [3.63, 3.8) is 0 Å². The van der Waals surface area contributed by atoms with Gasteiger partial charge in [0.05, 0.1) is 12.6 Å². The largest absolute Gasteiger partial charge is 0.384 e. The Hall–Kier alpha value is -1.70. The Morgan fingerprint density at radius 3 is 3.09 bits per heavy atom. The predicted molar refractivity (Wildman–Crippen MR) is 95.7 cm³/mol. The van der Waals surface area contributed by atoms with E-state index in [9.17, 15) is 4.79 Å². The van der Waals surface area contributed by atoms with Gasteiger partial charge in [-0.1, -0.05) is 23.5 Å². The number of anilines is 2. The first-order valence-corrected chi connectivity index (χ1v) is 8.76. The second-order valence-electron chi connectivity index (χ2n) is 5.65. The van der Waals surface area contributed by atoms with E-state index in [2.05, 4.69) is 5.32 Å². The number of hydrogen-bond donors (Lipinski definition) is 2. The van der Waals surface area contributed by atoms with Crippen molar-refractivity contribution in [3.8, 4) is 0 Å². The molecule has 1 saturated heterocycles. The molecule has 0 saturated carbocycles. The first kappa shape index (κ1) is 16.2. The van der Waals surface area contributed by atoms with Crippen LogP contribution in [0.1, 0.15) is 28.1 Å². The summed E-state index contributed by atoms with van der Waals surface area (Å²) in [5.74, 6) is 0.191. The lowest BCUT2D eigenvalue weighted by Crippen LogP contribution is -2.18. The lowest BCUT2D eigenvalue weighted by Gasteiger charge is -2.12. The van der Waals surface area contributed by atoms with Crippen LogP contribution in [0.4, 0.5) is 11.5 Å². The van der Waals surface area contributed by atoms with Crippen LogP contribution in [-0.4, -0.2) is 23.2 Å². The van der Waals surface area contributed by atoms with Gasteiger partial charge in [0.1, 0.15) is 10.7 Å². The molecule has 122 valence electrons. The lowest BCUT2D eigenvalue weighted by molar-refractivity contribution is 0.0970. The molecule has 0 aliphatic carbocycles. The van der Waals surface area contributed by atoms with Gasteiger partial charge in [-0.3, -0.25) is 4.79 Å². The first-order chi connectivity index (χ1) is 11.0. The number of carbonyl (C=O) groups is 1. The highest BCUT2D eigenvalue weighted by molar-refractivity contribution is 7.73. The number of amides is 1. The van der Waals surface area contributed by atoms with Crippen LogP contribution in [0.25, 0.3) is 0 Å². The van der Waals surface area contributed by atoms with E-state index in [4.69, 9.17) is 22.7 Å². The van der Waals surface area contributed by atoms with Crippen LogP contribution >= 0.6 is 23.6 Å². The minimum absolute atomic E-state index is 0.131. The highest BCUT2D eigenvalue weighted by Gasteiger charge is 2.22. The van der Waals surface area contributed by atoms with Crippen LogP contribution < -0.4 is 11.1 Å². The highest BCUT2D eigenvalue weighted by Crippen LogP contribution is 2.26. The van der Waals surface area contributed by atoms with E-state index in [-0.39, 0.29) is 12.0 Å². The van der Waals surface area contributed by atoms with Crippen molar-refractivity contribution in [2.75, 3.05) is 17.7 Å². The Morgan fingerprint density at radius 1 is 1.57 bits per heavy atom.